The molecule has 2 amide bonds. The molecule has 3 unspecified atom stereocenters. The monoisotopic (exact) mass is 974 g/mol. The number of amides is 2. The van der Waals surface area contributed by atoms with Gasteiger partial charge in [-0.25, -0.2) is 0 Å². The van der Waals surface area contributed by atoms with Crippen molar-refractivity contribution in [1.29, 1.82) is 0 Å². The number of aliphatic imine (C=N–C) groups is 1. The summed E-state index contributed by atoms with van der Waals surface area (Å²) in [5.74, 6) is -3.41. The van der Waals surface area contributed by atoms with E-state index in [0.717, 1.165) is 0 Å². The molecule has 3 aliphatic rings. The summed E-state index contributed by atoms with van der Waals surface area (Å²) in [7, 11) is 0. The molecule has 0 aliphatic carbocycles. The van der Waals surface area contributed by atoms with Gasteiger partial charge in [-0.2, -0.15) is 52.7 Å². The number of nitrogens with one attached hydrogen (secondary N) is 2. The first-order valence-corrected chi connectivity index (χ1v) is 21.7. The van der Waals surface area contributed by atoms with Gasteiger partial charge >= 0.3 is 24.7 Å². The smallest absolute Gasteiger partial charge is 0.355 e. The Bertz CT molecular complexity index is 3090. The van der Waals surface area contributed by atoms with Gasteiger partial charge in [-0.05, 0) is 104 Å². The number of H-pyrrole nitrogens is 2. The van der Waals surface area contributed by atoms with Crippen molar-refractivity contribution < 1.29 is 62.3 Å². The van der Waals surface area contributed by atoms with Crippen LogP contribution in [0.4, 0.5) is 52.7 Å². The Labute approximate surface area is 385 Å². The van der Waals surface area contributed by atoms with E-state index in [9.17, 15) is 62.3 Å². The summed E-state index contributed by atoms with van der Waals surface area (Å²) < 4.78 is 166. The van der Waals surface area contributed by atoms with Gasteiger partial charge in [-0.1, -0.05) is 27.7 Å². The molecule has 0 radical (unpaired) electrons. The first-order valence-electron chi connectivity index (χ1n) is 21.7. The molecule has 0 spiro atoms. The zero-order chi connectivity index (χ0) is 50.6. The fraction of sp³-hybridized carbons (Fsp3) is 0.367. The highest BCUT2D eigenvalue weighted by molar-refractivity contribution is 6.23. The topological polar surface area (TPSA) is 107 Å². The molecule has 3 aromatic heterocycles. The first kappa shape index (κ1) is 49.0. The highest BCUT2D eigenvalue weighted by Crippen LogP contribution is 2.45. The summed E-state index contributed by atoms with van der Waals surface area (Å²) in [6.07, 6.45) is -19.9. The van der Waals surface area contributed by atoms with E-state index in [1.165, 1.54) is 0 Å². The number of hydrogen-bond acceptors (Lipinski definition) is 5. The average molecular weight is 975 g/mol. The van der Waals surface area contributed by atoms with Crippen molar-refractivity contribution in [3.63, 3.8) is 0 Å². The van der Waals surface area contributed by atoms with Gasteiger partial charge in [0.1, 0.15) is 0 Å². The van der Waals surface area contributed by atoms with Gasteiger partial charge in [0, 0.05) is 68.6 Å². The van der Waals surface area contributed by atoms with Gasteiger partial charge in [-0.3, -0.25) is 29.4 Å². The Kier molecular flexibility index (Phi) is 12.0. The molecule has 2 aromatic carbocycles. The third-order valence-electron chi connectivity index (χ3n) is 13.4. The van der Waals surface area contributed by atoms with E-state index < -0.39 is 89.3 Å². The number of benzene rings is 2. The second kappa shape index (κ2) is 16.9. The standard InChI is InChI=1S/C49H42F12N6O2/c1-8-32-22(4)34-17-38-39(25(7)62-18-26-9-28(46(50,51)52)13-29(10-26)47(53,54)55)23(5)35(64-38)15-33-20(2)21(3)42(65-33)41-43-40(24(6)36(66-43)16-37(32)63-34)44(68)67(45(41)69)19-27-11-30(48(56,57)58)14-31(12-27)49(59,60)61/h9-17,20-22,32,64,66H,8,18-19H2,1-7H3/b33-15?,34-17?,35-15?,36-16?,37-16?,38-17?,42-41?,62-25+/t20-,21?,22?,32?/m0/s1. The number of carbonyl (C=O) groups excluding carboxylic acids is 2. The fourth-order valence-electron chi connectivity index (χ4n) is 9.50. The molecule has 20 heteroatoms. The molecule has 6 heterocycles. The highest BCUT2D eigenvalue weighted by atomic mass is 19.4. The van der Waals surface area contributed by atoms with Crippen molar-refractivity contribution in [3.05, 3.63) is 139 Å². The predicted octanol–water partition coefficient (Wildman–Crippen LogP) is 14.0. The lowest BCUT2D eigenvalue weighted by molar-refractivity contribution is -0.144. The van der Waals surface area contributed by atoms with Crippen LogP contribution in [-0.2, 0) is 37.8 Å². The van der Waals surface area contributed by atoms with E-state index in [2.05, 4.69) is 15.0 Å². The number of imide groups is 1. The molecular formula is C49H42F12N6O2. The van der Waals surface area contributed by atoms with Crippen LogP contribution >= 0.6 is 0 Å². The van der Waals surface area contributed by atoms with Gasteiger partial charge < -0.3 is 9.97 Å². The number of rotatable bonds is 6. The van der Waals surface area contributed by atoms with Crippen LogP contribution in [0.2, 0.25) is 0 Å². The van der Waals surface area contributed by atoms with E-state index in [0.29, 0.717) is 85.9 Å². The summed E-state index contributed by atoms with van der Waals surface area (Å²) in [6.45, 7) is 10.9. The lowest BCUT2D eigenvalue weighted by Gasteiger charge is -2.27. The Hall–Kier alpha value is -6.47. The third kappa shape index (κ3) is 8.90. The van der Waals surface area contributed by atoms with Crippen molar-refractivity contribution >= 4 is 39.6 Å². The van der Waals surface area contributed by atoms with Crippen LogP contribution in [0.3, 0.4) is 0 Å². The lowest BCUT2D eigenvalue weighted by atomic mass is 9.88. The quantitative estimate of drug-likeness (QED) is 0.100. The third-order valence-corrected chi connectivity index (χ3v) is 13.4. The summed E-state index contributed by atoms with van der Waals surface area (Å²) in [5.41, 5.74) is -2.46. The molecule has 8 rings (SSSR count). The van der Waals surface area contributed by atoms with Gasteiger partial charge in [0.2, 0.25) is 0 Å². The molecule has 5 aromatic rings. The van der Waals surface area contributed by atoms with E-state index in [4.69, 9.17) is 9.97 Å². The number of carbonyl (C=O) groups is 2. The molecule has 4 atom stereocenters. The zero-order valence-corrected chi connectivity index (χ0v) is 37.8. The molecule has 8 nitrogen and oxygen atoms in total. The second-order valence-electron chi connectivity index (χ2n) is 17.9. The summed E-state index contributed by atoms with van der Waals surface area (Å²) >= 11 is 0. The van der Waals surface area contributed by atoms with Crippen LogP contribution in [0.1, 0.15) is 158 Å². The molecule has 364 valence electrons. The molecule has 2 N–H and O–H groups in total. The average Bonchev–Trinajstić information content (AvgIpc) is 3.93. The number of fused-ring (bicyclic) bond motifs is 8. The predicted molar refractivity (Wildman–Crippen MR) is 232 cm³/mol. The fourth-order valence-corrected chi connectivity index (χ4v) is 9.50. The van der Waals surface area contributed by atoms with E-state index in [1.807, 2.05) is 20.8 Å². The Morgan fingerprint density at radius 1 is 0.594 bits per heavy atom. The second-order valence-corrected chi connectivity index (χ2v) is 17.9. The van der Waals surface area contributed by atoms with Crippen LogP contribution in [0.5, 0.6) is 0 Å². The van der Waals surface area contributed by atoms with Gasteiger partial charge in [0.15, 0.2) is 0 Å². The highest BCUT2D eigenvalue weighted by Gasteiger charge is 2.42. The number of halogens is 12. The summed E-state index contributed by atoms with van der Waals surface area (Å²) in [6, 6.07) is 7.38. The van der Waals surface area contributed by atoms with E-state index in [1.54, 1.807) is 45.9 Å². The minimum Gasteiger partial charge on any atom is -0.355 e. The van der Waals surface area contributed by atoms with Crippen LogP contribution in [0, 0.1) is 13.8 Å². The van der Waals surface area contributed by atoms with Gasteiger partial charge in [0.05, 0.1) is 57.7 Å². The maximum absolute atomic E-state index is 14.8. The van der Waals surface area contributed by atoms with Crippen molar-refractivity contribution in [2.24, 2.45) is 4.99 Å². The molecule has 0 saturated heterocycles. The molecule has 69 heavy (non-hydrogen) atoms. The van der Waals surface area contributed by atoms with Crippen LogP contribution in [-0.4, -0.2) is 42.4 Å². The lowest BCUT2D eigenvalue weighted by Crippen LogP contribution is -2.40. The maximum Gasteiger partial charge on any atom is 0.416 e. The maximum atomic E-state index is 14.8. The Balaban J connectivity index is 1.36. The molecular weight excluding hydrogens is 933 g/mol. The van der Waals surface area contributed by atoms with Gasteiger partial charge in [-0.15, -0.1) is 0 Å². The van der Waals surface area contributed by atoms with Crippen molar-refractivity contribution in [1.82, 2.24) is 24.8 Å². The molecule has 0 saturated carbocycles. The Morgan fingerprint density at radius 2 is 1.07 bits per heavy atom. The molecule has 3 aliphatic heterocycles. The molecule has 0 fully saturated rings. The minimum atomic E-state index is -5.19. The Morgan fingerprint density at radius 3 is 1.61 bits per heavy atom. The number of aryl methyl sites for hydroxylation is 2. The van der Waals surface area contributed by atoms with Crippen molar-refractivity contribution in [2.75, 3.05) is 0 Å². The normalized spacial score (nSPS) is 19.2. The SMILES string of the molecule is CCC1c2cc3[nH]c4c(c5nc(cc6[nH]c(cc(n2)C1C)c(/C(C)=N/Cc1cc(C(F)(F)F)cc(C(F)(F)F)c1)c6C)[C@@H](C)C5C)C(=O)N(Cc1cc(C(F)(F)F)cc(C(F)(F)F)c1)C(=O)c4c3C. The van der Waals surface area contributed by atoms with Crippen molar-refractivity contribution in [2.45, 2.75) is 116 Å². The van der Waals surface area contributed by atoms with Crippen molar-refractivity contribution in [3.8, 4) is 0 Å². The number of nitrogens with zero attached hydrogens (tertiary/aromatic N) is 4. The summed E-state index contributed by atoms with van der Waals surface area (Å²) in [5, 5.41) is 0. The van der Waals surface area contributed by atoms with E-state index >= 15 is 0 Å². The number of hydrogen-bond donors (Lipinski definition) is 2. The van der Waals surface area contributed by atoms with Crippen LogP contribution in [0.15, 0.2) is 59.6 Å². The minimum absolute atomic E-state index is 0.0257. The van der Waals surface area contributed by atoms with Crippen LogP contribution in [0.25, 0.3) is 22.1 Å². The van der Waals surface area contributed by atoms with Gasteiger partial charge in [0.25, 0.3) is 11.8 Å². The largest absolute Gasteiger partial charge is 0.416 e. The summed E-state index contributed by atoms with van der Waals surface area (Å²) in [4.78, 5) is 50.9. The van der Waals surface area contributed by atoms with E-state index in [-0.39, 0.29) is 57.6 Å². The zero-order valence-electron chi connectivity index (χ0n) is 37.8. The number of alkyl halides is 12. The van der Waals surface area contributed by atoms with Crippen LogP contribution < -0.4 is 0 Å². The molecule has 8 bridgehead atoms. The number of aromatic amines is 2. The number of aromatic nitrogens is 4. The first-order chi connectivity index (χ1) is 32.0.